The summed E-state index contributed by atoms with van der Waals surface area (Å²) in [5.41, 5.74) is 0.865. The Morgan fingerprint density at radius 3 is 2.62 bits per heavy atom. The smallest absolute Gasteiger partial charge is 0.429 e. The Hall–Kier alpha value is -2.36. The van der Waals surface area contributed by atoms with Gasteiger partial charge in [0.1, 0.15) is 5.60 Å². The molecule has 1 aromatic carbocycles. The Balaban J connectivity index is 2.19. The maximum atomic E-state index is 11.7. The van der Waals surface area contributed by atoms with E-state index in [-0.39, 0.29) is 0 Å². The first-order valence-electron chi connectivity index (χ1n) is 6.77. The molecule has 2 aromatic rings. The van der Waals surface area contributed by atoms with Gasteiger partial charge in [-0.2, -0.15) is 0 Å². The first kappa shape index (κ1) is 15.0. The van der Waals surface area contributed by atoms with Gasteiger partial charge in [0, 0.05) is 5.39 Å². The molecule has 1 heterocycles. The van der Waals surface area contributed by atoms with E-state index in [2.05, 4.69) is 11.6 Å². The van der Waals surface area contributed by atoms with Crippen LogP contribution in [0, 0.1) is 0 Å². The van der Waals surface area contributed by atoms with Crippen LogP contribution in [-0.2, 0) is 9.47 Å². The SMILES string of the molecule is C=CC(OC(=O)OC(C)(C)C)c1ccc2ccccc2n1. The Morgan fingerprint density at radius 2 is 1.95 bits per heavy atom. The summed E-state index contributed by atoms with van der Waals surface area (Å²) < 4.78 is 10.4. The van der Waals surface area contributed by atoms with Gasteiger partial charge < -0.3 is 9.47 Å². The number of aromatic nitrogens is 1. The molecule has 0 N–H and O–H groups in total. The van der Waals surface area contributed by atoms with Gasteiger partial charge in [-0.05, 0) is 39.0 Å². The van der Waals surface area contributed by atoms with Gasteiger partial charge in [0.15, 0.2) is 6.10 Å². The summed E-state index contributed by atoms with van der Waals surface area (Å²) in [6, 6.07) is 11.5. The van der Waals surface area contributed by atoms with Crippen LogP contribution >= 0.6 is 0 Å². The quantitative estimate of drug-likeness (QED) is 0.619. The van der Waals surface area contributed by atoms with Gasteiger partial charge in [0.05, 0.1) is 11.2 Å². The van der Waals surface area contributed by atoms with Crippen molar-refractivity contribution in [1.82, 2.24) is 4.98 Å². The van der Waals surface area contributed by atoms with Crippen molar-refractivity contribution in [2.75, 3.05) is 0 Å². The number of hydrogen-bond acceptors (Lipinski definition) is 4. The number of rotatable bonds is 3. The average Bonchev–Trinajstić information content (AvgIpc) is 2.42. The molecule has 2 rings (SSSR count). The number of ether oxygens (including phenoxy) is 2. The van der Waals surface area contributed by atoms with E-state index in [0.717, 1.165) is 10.9 Å². The fourth-order valence-electron chi connectivity index (χ4n) is 1.85. The molecule has 1 aromatic heterocycles. The molecular formula is C17H19NO3. The van der Waals surface area contributed by atoms with Gasteiger partial charge in [0.2, 0.25) is 0 Å². The summed E-state index contributed by atoms with van der Waals surface area (Å²) in [4.78, 5) is 16.2. The second-order valence-corrected chi connectivity index (χ2v) is 5.67. The molecule has 0 spiro atoms. The molecule has 0 aliphatic heterocycles. The van der Waals surface area contributed by atoms with Crippen LogP contribution < -0.4 is 0 Å². The van der Waals surface area contributed by atoms with Crippen molar-refractivity contribution >= 4 is 17.1 Å². The summed E-state index contributed by atoms with van der Waals surface area (Å²) in [5.74, 6) is 0. The van der Waals surface area contributed by atoms with Gasteiger partial charge >= 0.3 is 6.16 Å². The van der Waals surface area contributed by atoms with Crippen molar-refractivity contribution < 1.29 is 14.3 Å². The van der Waals surface area contributed by atoms with Crippen LogP contribution in [0.2, 0.25) is 0 Å². The molecule has 1 atom stereocenters. The molecule has 0 saturated heterocycles. The van der Waals surface area contributed by atoms with Gasteiger partial charge in [-0.25, -0.2) is 9.78 Å². The molecule has 0 fully saturated rings. The monoisotopic (exact) mass is 285 g/mol. The molecule has 4 nitrogen and oxygen atoms in total. The molecule has 0 amide bonds. The van der Waals surface area contributed by atoms with E-state index in [9.17, 15) is 4.79 Å². The molecule has 0 saturated carbocycles. The molecule has 21 heavy (non-hydrogen) atoms. The normalized spacial score (nSPS) is 12.7. The summed E-state index contributed by atoms with van der Waals surface area (Å²) in [5, 5.41) is 1.03. The first-order valence-corrected chi connectivity index (χ1v) is 6.77. The highest BCUT2D eigenvalue weighted by Crippen LogP contribution is 2.22. The zero-order valence-electron chi connectivity index (χ0n) is 12.5. The van der Waals surface area contributed by atoms with Crippen LogP contribution in [-0.4, -0.2) is 16.7 Å². The predicted octanol–water partition coefficient (Wildman–Crippen LogP) is 4.41. The second-order valence-electron chi connectivity index (χ2n) is 5.67. The Labute approximate surface area is 124 Å². The van der Waals surface area contributed by atoms with Gasteiger partial charge in [-0.15, -0.1) is 0 Å². The Bertz CT molecular complexity index is 658. The molecule has 0 bridgehead atoms. The van der Waals surface area contributed by atoms with Gasteiger partial charge in [0.25, 0.3) is 0 Å². The highest BCUT2D eigenvalue weighted by Gasteiger charge is 2.21. The van der Waals surface area contributed by atoms with Crippen LogP contribution in [0.15, 0.2) is 49.1 Å². The second kappa shape index (κ2) is 5.95. The molecule has 4 heteroatoms. The molecule has 110 valence electrons. The largest absolute Gasteiger partial charge is 0.509 e. The molecule has 0 aliphatic rings. The van der Waals surface area contributed by atoms with Crippen molar-refractivity contribution in [2.45, 2.75) is 32.5 Å². The summed E-state index contributed by atoms with van der Waals surface area (Å²) >= 11 is 0. The van der Waals surface area contributed by atoms with E-state index in [4.69, 9.17) is 9.47 Å². The number of carbonyl (C=O) groups is 1. The highest BCUT2D eigenvalue weighted by molar-refractivity contribution is 5.78. The van der Waals surface area contributed by atoms with Gasteiger partial charge in [-0.3, -0.25) is 0 Å². The molecule has 0 aliphatic carbocycles. The molecule has 1 unspecified atom stereocenters. The van der Waals surface area contributed by atoms with E-state index in [1.807, 2.05) is 36.4 Å². The van der Waals surface area contributed by atoms with E-state index in [1.165, 1.54) is 6.08 Å². The number of carbonyl (C=O) groups excluding carboxylic acids is 1. The number of hydrogen-bond donors (Lipinski definition) is 0. The number of benzene rings is 1. The van der Waals surface area contributed by atoms with Crippen molar-refractivity contribution in [3.05, 3.63) is 54.7 Å². The number of nitrogens with zero attached hydrogens (tertiary/aromatic N) is 1. The number of fused-ring (bicyclic) bond motifs is 1. The average molecular weight is 285 g/mol. The standard InChI is InChI=1S/C17H19NO3/c1-5-15(20-16(19)21-17(2,3)4)14-11-10-12-8-6-7-9-13(12)18-14/h5-11,15H,1H2,2-4H3. The third-order valence-electron chi connectivity index (χ3n) is 2.74. The lowest BCUT2D eigenvalue weighted by Crippen LogP contribution is -2.25. The van der Waals surface area contributed by atoms with Crippen LogP contribution in [0.3, 0.4) is 0 Å². The third kappa shape index (κ3) is 4.05. The molecular weight excluding hydrogens is 266 g/mol. The zero-order valence-corrected chi connectivity index (χ0v) is 12.5. The van der Waals surface area contributed by atoms with E-state index in [0.29, 0.717) is 5.69 Å². The van der Waals surface area contributed by atoms with E-state index < -0.39 is 17.9 Å². The summed E-state index contributed by atoms with van der Waals surface area (Å²) in [6.07, 6.45) is 0.160. The topological polar surface area (TPSA) is 48.4 Å². The Kier molecular flexibility index (Phi) is 4.26. The Morgan fingerprint density at radius 1 is 1.24 bits per heavy atom. The van der Waals surface area contributed by atoms with Gasteiger partial charge in [-0.1, -0.05) is 30.8 Å². The minimum Gasteiger partial charge on any atom is -0.429 e. The van der Waals surface area contributed by atoms with Crippen molar-refractivity contribution in [2.24, 2.45) is 0 Å². The fourth-order valence-corrected chi connectivity index (χ4v) is 1.85. The molecule has 0 radical (unpaired) electrons. The van der Waals surface area contributed by atoms with Crippen molar-refractivity contribution in [1.29, 1.82) is 0 Å². The lowest BCUT2D eigenvalue weighted by molar-refractivity contribution is -0.0194. The van der Waals surface area contributed by atoms with Crippen LogP contribution in [0.1, 0.15) is 32.6 Å². The first-order chi connectivity index (χ1) is 9.89. The van der Waals surface area contributed by atoms with Crippen molar-refractivity contribution in [3.8, 4) is 0 Å². The van der Waals surface area contributed by atoms with E-state index in [1.54, 1.807) is 20.8 Å². The number of para-hydroxylation sites is 1. The minimum absolute atomic E-state index is 0.598. The third-order valence-corrected chi connectivity index (χ3v) is 2.74. The maximum Gasteiger partial charge on any atom is 0.509 e. The van der Waals surface area contributed by atoms with Crippen molar-refractivity contribution in [3.63, 3.8) is 0 Å². The van der Waals surface area contributed by atoms with Crippen LogP contribution in [0.4, 0.5) is 4.79 Å². The highest BCUT2D eigenvalue weighted by atomic mass is 16.7. The van der Waals surface area contributed by atoms with Crippen LogP contribution in [0.25, 0.3) is 10.9 Å². The maximum absolute atomic E-state index is 11.7. The summed E-state index contributed by atoms with van der Waals surface area (Å²) in [7, 11) is 0. The summed E-state index contributed by atoms with van der Waals surface area (Å²) in [6.45, 7) is 9.04. The number of pyridine rings is 1. The minimum atomic E-state index is -0.734. The van der Waals surface area contributed by atoms with Crippen LogP contribution in [0.5, 0.6) is 0 Å². The zero-order chi connectivity index (χ0) is 15.5. The van der Waals surface area contributed by atoms with E-state index >= 15 is 0 Å². The lowest BCUT2D eigenvalue weighted by Gasteiger charge is -2.21. The fraction of sp³-hybridized carbons (Fsp3) is 0.294. The lowest BCUT2D eigenvalue weighted by atomic mass is 10.1. The predicted molar refractivity (Wildman–Crippen MR) is 82.0 cm³/mol.